The molecule has 3 heterocycles. The Morgan fingerprint density at radius 1 is 1.18 bits per heavy atom. The highest BCUT2D eigenvalue weighted by Gasteiger charge is 2.10. The molecule has 7 nitrogen and oxygen atoms in total. The average molecular weight is 295 g/mol. The fourth-order valence-corrected chi connectivity index (χ4v) is 1.97. The van der Waals surface area contributed by atoms with Crippen LogP contribution in [0, 0.1) is 0 Å². The van der Waals surface area contributed by atoms with Crippen LogP contribution in [0.5, 0.6) is 0 Å². The Morgan fingerprint density at radius 2 is 2.09 bits per heavy atom. The minimum absolute atomic E-state index is 0.142. The summed E-state index contributed by atoms with van der Waals surface area (Å²) >= 11 is 0. The smallest absolute Gasteiger partial charge is 0.339 e. The molecule has 7 heteroatoms. The third-order valence-electron chi connectivity index (χ3n) is 3.05. The van der Waals surface area contributed by atoms with Gasteiger partial charge in [0.15, 0.2) is 5.82 Å². The van der Waals surface area contributed by atoms with Gasteiger partial charge in [0.05, 0.1) is 0 Å². The molecule has 2 N–H and O–H groups in total. The number of carboxylic acids is 1. The van der Waals surface area contributed by atoms with E-state index in [9.17, 15) is 4.79 Å². The third-order valence-corrected chi connectivity index (χ3v) is 3.05. The Hall–Kier alpha value is -3.22. The van der Waals surface area contributed by atoms with Crippen LogP contribution in [0.4, 0.5) is 5.82 Å². The molecular weight excluding hydrogens is 282 g/mol. The lowest BCUT2D eigenvalue weighted by Gasteiger charge is -2.08. The topological polar surface area (TPSA) is 92.9 Å². The molecule has 3 aromatic rings. The van der Waals surface area contributed by atoms with E-state index >= 15 is 0 Å². The van der Waals surface area contributed by atoms with Crippen LogP contribution in [0.15, 0.2) is 55.1 Å². The molecule has 0 aliphatic heterocycles. The van der Waals surface area contributed by atoms with Gasteiger partial charge in [0.1, 0.15) is 11.4 Å². The quantitative estimate of drug-likeness (QED) is 0.747. The highest BCUT2D eigenvalue weighted by molar-refractivity contribution is 5.92. The van der Waals surface area contributed by atoms with E-state index in [2.05, 4.69) is 20.4 Å². The summed E-state index contributed by atoms with van der Waals surface area (Å²) in [6.45, 7) is 0.434. The van der Waals surface area contributed by atoms with Crippen LogP contribution in [-0.2, 0) is 6.54 Å². The lowest BCUT2D eigenvalue weighted by molar-refractivity contribution is 0.0697. The zero-order chi connectivity index (χ0) is 15.4. The fourth-order valence-electron chi connectivity index (χ4n) is 1.97. The summed E-state index contributed by atoms with van der Waals surface area (Å²) in [6, 6.07) is 8.68. The summed E-state index contributed by atoms with van der Waals surface area (Å²) in [5.74, 6) is 0.0479. The Morgan fingerprint density at radius 3 is 2.77 bits per heavy atom. The fraction of sp³-hybridized carbons (Fsp3) is 0.0667. The second-order valence-electron chi connectivity index (χ2n) is 4.53. The Labute approximate surface area is 126 Å². The summed E-state index contributed by atoms with van der Waals surface area (Å²) in [7, 11) is 0. The molecule has 3 aromatic heterocycles. The first-order valence-electron chi connectivity index (χ1n) is 6.61. The highest BCUT2D eigenvalue weighted by atomic mass is 16.4. The van der Waals surface area contributed by atoms with Crippen LogP contribution in [0.1, 0.15) is 15.9 Å². The summed E-state index contributed by atoms with van der Waals surface area (Å²) < 4.78 is 1.67. The van der Waals surface area contributed by atoms with Gasteiger partial charge < -0.3 is 10.4 Å². The summed E-state index contributed by atoms with van der Waals surface area (Å²) in [5, 5.41) is 16.2. The molecule has 0 amide bonds. The summed E-state index contributed by atoms with van der Waals surface area (Å²) in [4.78, 5) is 19.5. The predicted octanol–water partition coefficient (Wildman–Crippen LogP) is 1.97. The lowest BCUT2D eigenvalue weighted by Crippen LogP contribution is -2.08. The molecule has 0 aliphatic rings. The number of aromatic carboxylic acids is 1. The van der Waals surface area contributed by atoms with Crippen LogP contribution in [0.25, 0.3) is 5.82 Å². The van der Waals surface area contributed by atoms with E-state index in [4.69, 9.17) is 5.11 Å². The van der Waals surface area contributed by atoms with Crippen LogP contribution < -0.4 is 5.32 Å². The SMILES string of the molecule is O=C(O)c1cccnc1NCc1ccc(-n2cccn2)nc1. The van der Waals surface area contributed by atoms with Gasteiger partial charge in [-0.1, -0.05) is 6.07 Å². The van der Waals surface area contributed by atoms with E-state index in [0.717, 1.165) is 11.4 Å². The van der Waals surface area contributed by atoms with Gasteiger partial charge in [-0.15, -0.1) is 0 Å². The van der Waals surface area contributed by atoms with Crippen molar-refractivity contribution in [1.29, 1.82) is 0 Å². The van der Waals surface area contributed by atoms with Crippen molar-refractivity contribution >= 4 is 11.8 Å². The Balaban J connectivity index is 1.71. The number of pyridine rings is 2. The third kappa shape index (κ3) is 2.93. The maximum atomic E-state index is 11.1. The molecule has 0 aromatic carbocycles. The number of nitrogens with zero attached hydrogens (tertiary/aromatic N) is 4. The van der Waals surface area contributed by atoms with Crippen molar-refractivity contribution in [2.45, 2.75) is 6.54 Å². The van der Waals surface area contributed by atoms with Gasteiger partial charge in [0.25, 0.3) is 0 Å². The van der Waals surface area contributed by atoms with Crippen molar-refractivity contribution in [2.75, 3.05) is 5.32 Å². The number of nitrogens with one attached hydrogen (secondary N) is 1. The van der Waals surface area contributed by atoms with Gasteiger partial charge in [-0.2, -0.15) is 5.10 Å². The largest absolute Gasteiger partial charge is 0.478 e. The number of aromatic nitrogens is 4. The maximum Gasteiger partial charge on any atom is 0.339 e. The first-order valence-corrected chi connectivity index (χ1v) is 6.61. The minimum Gasteiger partial charge on any atom is -0.478 e. The van der Waals surface area contributed by atoms with Gasteiger partial charge in [0.2, 0.25) is 0 Å². The molecule has 22 heavy (non-hydrogen) atoms. The number of rotatable bonds is 5. The number of anilines is 1. The molecule has 0 unspecified atom stereocenters. The normalized spacial score (nSPS) is 10.4. The molecule has 0 saturated heterocycles. The molecule has 0 fully saturated rings. The van der Waals surface area contributed by atoms with Crippen molar-refractivity contribution in [2.24, 2.45) is 0 Å². The molecule has 0 spiro atoms. The zero-order valence-electron chi connectivity index (χ0n) is 11.5. The first-order chi connectivity index (χ1) is 10.7. The molecule has 0 saturated carbocycles. The molecular formula is C15H13N5O2. The molecule has 0 aliphatic carbocycles. The molecule has 3 rings (SSSR count). The van der Waals surface area contributed by atoms with Gasteiger partial charge in [-0.3, -0.25) is 0 Å². The molecule has 110 valence electrons. The van der Waals surface area contributed by atoms with E-state index in [1.807, 2.05) is 24.4 Å². The van der Waals surface area contributed by atoms with Crippen LogP contribution in [-0.4, -0.2) is 30.8 Å². The molecule has 0 radical (unpaired) electrons. The standard InChI is InChI=1S/C15H13N5O2/c21-15(22)12-3-1-6-16-14(12)18-10-11-4-5-13(17-9-11)20-8-2-7-19-20/h1-9H,10H2,(H,16,18)(H,21,22). The van der Waals surface area contributed by atoms with Crippen molar-refractivity contribution < 1.29 is 9.90 Å². The van der Waals surface area contributed by atoms with Crippen molar-refractivity contribution in [3.63, 3.8) is 0 Å². The Bertz CT molecular complexity index is 769. The van der Waals surface area contributed by atoms with Crippen molar-refractivity contribution in [3.8, 4) is 5.82 Å². The monoisotopic (exact) mass is 295 g/mol. The van der Waals surface area contributed by atoms with E-state index in [1.54, 1.807) is 29.3 Å². The number of carbonyl (C=O) groups is 1. The Kier molecular flexibility index (Phi) is 3.78. The summed E-state index contributed by atoms with van der Waals surface area (Å²) in [6.07, 6.45) is 6.76. The van der Waals surface area contributed by atoms with E-state index in [-0.39, 0.29) is 5.56 Å². The maximum absolute atomic E-state index is 11.1. The van der Waals surface area contributed by atoms with Gasteiger partial charge in [-0.25, -0.2) is 19.4 Å². The second kappa shape index (κ2) is 6.04. The van der Waals surface area contributed by atoms with E-state index in [1.165, 1.54) is 6.07 Å². The van der Waals surface area contributed by atoms with Crippen LogP contribution >= 0.6 is 0 Å². The van der Waals surface area contributed by atoms with E-state index in [0.29, 0.717) is 12.4 Å². The average Bonchev–Trinajstić information content (AvgIpc) is 3.08. The van der Waals surface area contributed by atoms with Gasteiger partial charge in [0, 0.05) is 31.3 Å². The number of carboxylic acid groups (broad SMARTS) is 1. The molecule has 0 bridgehead atoms. The lowest BCUT2D eigenvalue weighted by atomic mass is 10.2. The predicted molar refractivity (Wildman–Crippen MR) is 79.9 cm³/mol. The van der Waals surface area contributed by atoms with Crippen molar-refractivity contribution in [1.82, 2.24) is 19.7 Å². The van der Waals surface area contributed by atoms with Crippen LogP contribution in [0.3, 0.4) is 0 Å². The number of hydrogen-bond acceptors (Lipinski definition) is 5. The zero-order valence-corrected chi connectivity index (χ0v) is 11.5. The molecule has 0 atom stereocenters. The second-order valence-corrected chi connectivity index (χ2v) is 4.53. The van der Waals surface area contributed by atoms with E-state index < -0.39 is 5.97 Å². The van der Waals surface area contributed by atoms with Crippen molar-refractivity contribution in [3.05, 3.63) is 66.2 Å². The van der Waals surface area contributed by atoms with Gasteiger partial charge in [-0.05, 0) is 29.8 Å². The minimum atomic E-state index is -1.01. The first kappa shape index (κ1) is 13.7. The van der Waals surface area contributed by atoms with Crippen LogP contribution in [0.2, 0.25) is 0 Å². The summed E-state index contributed by atoms with van der Waals surface area (Å²) in [5.41, 5.74) is 1.06. The highest BCUT2D eigenvalue weighted by Crippen LogP contribution is 2.13. The van der Waals surface area contributed by atoms with Gasteiger partial charge >= 0.3 is 5.97 Å². The number of hydrogen-bond donors (Lipinski definition) is 2.